The van der Waals surface area contributed by atoms with Gasteiger partial charge in [0.15, 0.2) is 0 Å². The maximum atomic E-state index is 11.9. The lowest BCUT2D eigenvalue weighted by molar-refractivity contribution is -0.143. The Bertz CT molecular complexity index is 482. The van der Waals surface area contributed by atoms with Gasteiger partial charge in [-0.05, 0) is 43.2 Å². The summed E-state index contributed by atoms with van der Waals surface area (Å²) < 4.78 is 4.93. The number of methoxy groups -OCH3 is 1. The zero-order valence-electron chi connectivity index (χ0n) is 12.9. The Morgan fingerprint density at radius 1 is 1.45 bits per heavy atom. The highest BCUT2D eigenvalue weighted by molar-refractivity contribution is 5.75. The Hall–Kier alpha value is -1.35. The summed E-state index contributed by atoms with van der Waals surface area (Å²) in [5.41, 5.74) is 4.03. The van der Waals surface area contributed by atoms with E-state index < -0.39 is 0 Å². The molecule has 110 valence electrons. The second-order valence-electron chi connectivity index (χ2n) is 6.17. The fraction of sp³-hybridized carbons (Fsp3) is 0.588. The molecule has 0 spiro atoms. The number of fused-ring (bicyclic) bond motifs is 1. The Labute approximate surface area is 121 Å². The first-order chi connectivity index (χ1) is 9.51. The fourth-order valence-corrected chi connectivity index (χ4v) is 2.98. The number of carbonyl (C=O) groups excluding carboxylic acids is 1. The largest absolute Gasteiger partial charge is 0.468 e. The maximum absolute atomic E-state index is 11.9. The van der Waals surface area contributed by atoms with Gasteiger partial charge in [-0.1, -0.05) is 37.6 Å². The molecule has 0 fully saturated rings. The van der Waals surface area contributed by atoms with Crippen molar-refractivity contribution in [2.75, 3.05) is 7.11 Å². The first-order valence-electron chi connectivity index (χ1n) is 7.44. The smallest absolute Gasteiger partial charge is 0.322 e. The van der Waals surface area contributed by atoms with E-state index in [0.717, 1.165) is 19.3 Å². The predicted molar refractivity (Wildman–Crippen MR) is 80.6 cm³/mol. The molecule has 3 nitrogen and oxygen atoms in total. The molecule has 0 heterocycles. The minimum Gasteiger partial charge on any atom is -0.468 e. The average Bonchev–Trinajstić information content (AvgIpc) is 2.79. The first-order valence-corrected chi connectivity index (χ1v) is 7.44. The van der Waals surface area contributed by atoms with Crippen LogP contribution in [0.3, 0.4) is 0 Å². The molecule has 1 N–H and O–H groups in total. The number of benzene rings is 1. The number of hydrogen-bond acceptors (Lipinski definition) is 3. The van der Waals surface area contributed by atoms with E-state index in [-0.39, 0.29) is 18.1 Å². The van der Waals surface area contributed by atoms with Crippen LogP contribution < -0.4 is 5.32 Å². The Kier molecular flexibility index (Phi) is 4.81. The van der Waals surface area contributed by atoms with Gasteiger partial charge in [-0.3, -0.25) is 10.1 Å². The van der Waals surface area contributed by atoms with Gasteiger partial charge in [0.1, 0.15) is 6.04 Å². The van der Waals surface area contributed by atoms with E-state index in [1.807, 2.05) is 0 Å². The number of nitrogens with one attached hydrogen (secondary N) is 1. The molecule has 20 heavy (non-hydrogen) atoms. The normalized spacial score (nSPS) is 18.9. The number of aryl methyl sites for hydroxylation is 2. The van der Waals surface area contributed by atoms with Crippen molar-refractivity contribution in [3.8, 4) is 0 Å². The second kappa shape index (κ2) is 6.40. The Balaban J connectivity index is 2.13. The average molecular weight is 275 g/mol. The summed E-state index contributed by atoms with van der Waals surface area (Å²) in [6, 6.07) is 6.67. The summed E-state index contributed by atoms with van der Waals surface area (Å²) >= 11 is 0. The van der Waals surface area contributed by atoms with E-state index >= 15 is 0 Å². The number of hydrogen-bond donors (Lipinski definition) is 1. The van der Waals surface area contributed by atoms with Crippen molar-refractivity contribution >= 4 is 5.97 Å². The maximum Gasteiger partial charge on any atom is 0.322 e. The van der Waals surface area contributed by atoms with Crippen molar-refractivity contribution in [3.63, 3.8) is 0 Å². The first kappa shape index (κ1) is 15.0. The summed E-state index contributed by atoms with van der Waals surface area (Å²) in [7, 11) is 1.46. The molecule has 1 aromatic rings. The molecular weight excluding hydrogens is 250 g/mol. The molecule has 0 amide bonds. The standard InChI is InChI=1S/C17H25NO2/c1-11(2)9-16(17(19)20-4)18-15-8-7-13-6-5-12(3)10-14(13)15/h5-6,10-11,15-16,18H,7-9H2,1-4H3. The minimum absolute atomic E-state index is 0.153. The van der Waals surface area contributed by atoms with Crippen LogP contribution >= 0.6 is 0 Å². The van der Waals surface area contributed by atoms with Crippen molar-refractivity contribution < 1.29 is 9.53 Å². The molecule has 0 saturated heterocycles. The van der Waals surface area contributed by atoms with E-state index in [2.05, 4.69) is 44.3 Å². The quantitative estimate of drug-likeness (QED) is 0.839. The molecule has 2 rings (SSSR count). The second-order valence-corrected chi connectivity index (χ2v) is 6.17. The van der Waals surface area contributed by atoms with Gasteiger partial charge in [0.25, 0.3) is 0 Å². The lowest BCUT2D eigenvalue weighted by Gasteiger charge is -2.23. The van der Waals surface area contributed by atoms with Crippen molar-refractivity contribution in [2.45, 2.75) is 52.1 Å². The van der Waals surface area contributed by atoms with Gasteiger partial charge in [0.05, 0.1) is 7.11 Å². The van der Waals surface area contributed by atoms with E-state index in [0.29, 0.717) is 5.92 Å². The molecule has 0 aromatic heterocycles. The van der Waals surface area contributed by atoms with Crippen LogP contribution in [0, 0.1) is 12.8 Å². The van der Waals surface area contributed by atoms with Gasteiger partial charge in [-0.15, -0.1) is 0 Å². The number of esters is 1. The fourth-order valence-electron chi connectivity index (χ4n) is 2.98. The summed E-state index contributed by atoms with van der Waals surface area (Å²) in [6.07, 6.45) is 2.96. The van der Waals surface area contributed by atoms with E-state index in [1.54, 1.807) is 0 Å². The number of ether oxygens (including phenoxy) is 1. The highest BCUT2D eigenvalue weighted by atomic mass is 16.5. The van der Waals surface area contributed by atoms with Crippen LogP contribution in [-0.2, 0) is 16.0 Å². The summed E-state index contributed by atoms with van der Waals surface area (Å²) in [5, 5.41) is 3.51. The molecule has 0 saturated carbocycles. The van der Waals surface area contributed by atoms with Crippen LogP contribution in [0.15, 0.2) is 18.2 Å². The summed E-state index contributed by atoms with van der Waals surface area (Å²) in [4.78, 5) is 11.9. The Morgan fingerprint density at radius 2 is 2.20 bits per heavy atom. The van der Waals surface area contributed by atoms with E-state index in [1.165, 1.54) is 23.8 Å². The molecule has 1 aliphatic carbocycles. The molecular formula is C17H25NO2. The lowest BCUT2D eigenvalue weighted by Crippen LogP contribution is -2.40. The molecule has 0 bridgehead atoms. The monoisotopic (exact) mass is 275 g/mol. The van der Waals surface area contributed by atoms with E-state index in [4.69, 9.17) is 4.74 Å². The van der Waals surface area contributed by atoms with Crippen LogP contribution in [0.5, 0.6) is 0 Å². The van der Waals surface area contributed by atoms with Crippen LogP contribution in [-0.4, -0.2) is 19.1 Å². The molecule has 1 aliphatic rings. The third kappa shape index (κ3) is 3.40. The highest BCUT2D eigenvalue weighted by Crippen LogP contribution is 2.32. The van der Waals surface area contributed by atoms with Gasteiger partial charge in [-0.25, -0.2) is 0 Å². The minimum atomic E-state index is -0.212. The highest BCUT2D eigenvalue weighted by Gasteiger charge is 2.28. The van der Waals surface area contributed by atoms with Gasteiger partial charge in [0, 0.05) is 6.04 Å². The van der Waals surface area contributed by atoms with E-state index in [9.17, 15) is 4.79 Å². The molecule has 3 heteroatoms. The van der Waals surface area contributed by atoms with Crippen molar-refractivity contribution in [1.82, 2.24) is 5.32 Å². The summed E-state index contributed by atoms with van der Waals surface area (Å²) in [5.74, 6) is 0.310. The molecule has 0 aliphatic heterocycles. The number of rotatable bonds is 5. The van der Waals surface area contributed by atoms with Crippen LogP contribution in [0.25, 0.3) is 0 Å². The molecule has 2 atom stereocenters. The zero-order valence-corrected chi connectivity index (χ0v) is 12.9. The van der Waals surface area contributed by atoms with Crippen LogP contribution in [0.1, 0.15) is 49.4 Å². The molecule has 0 radical (unpaired) electrons. The molecule has 2 unspecified atom stereocenters. The third-order valence-corrected chi connectivity index (χ3v) is 3.97. The zero-order chi connectivity index (χ0) is 14.7. The lowest BCUT2D eigenvalue weighted by atomic mass is 10.0. The summed E-state index contributed by atoms with van der Waals surface area (Å²) in [6.45, 7) is 6.37. The van der Waals surface area contributed by atoms with Gasteiger partial charge in [0.2, 0.25) is 0 Å². The van der Waals surface area contributed by atoms with Gasteiger partial charge >= 0.3 is 5.97 Å². The van der Waals surface area contributed by atoms with Gasteiger partial charge < -0.3 is 4.74 Å². The van der Waals surface area contributed by atoms with Crippen LogP contribution in [0.2, 0.25) is 0 Å². The van der Waals surface area contributed by atoms with Crippen LogP contribution in [0.4, 0.5) is 0 Å². The van der Waals surface area contributed by atoms with Crippen molar-refractivity contribution in [3.05, 3.63) is 34.9 Å². The number of carbonyl (C=O) groups is 1. The van der Waals surface area contributed by atoms with Crippen molar-refractivity contribution in [2.24, 2.45) is 5.92 Å². The van der Waals surface area contributed by atoms with Gasteiger partial charge in [-0.2, -0.15) is 0 Å². The predicted octanol–water partition coefficient (Wildman–Crippen LogP) is 3.16. The third-order valence-electron chi connectivity index (χ3n) is 3.97. The topological polar surface area (TPSA) is 38.3 Å². The van der Waals surface area contributed by atoms with Crippen molar-refractivity contribution in [1.29, 1.82) is 0 Å². The SMILES string of the molecule is COC(=O)C(CC(C)C)NC1CCc2ccc(C)cc21. The molecule has 1 aromatic carbocycles. The Morgan fingerprint density at radius 3 is 2.85 bits per heavy atom.